The molecule has 0 spiro atoms. The van der Waals surface area contributed by atoms with E-state index in [1.54, 1.807) is 37.1 Å². The third-order valence-electron chi connectivity index (χ3n) is 3.45. The maximum Gasteiger partial charge on any atom is 0.311 e. The molecule has 3 aromatic rings. The maximum absolute atomic E-state index is 11.5. The molecule has 0 fully saturated rings. The van der Waals surface area contributed by atoms with Crippen molar-refractivity contribution in [1.29, 1.82) is 0 Å². The van der Waals surface area contributed by atoms with Crippen LogP contribution in [0.15, 0.2) is 37.8 Å². The summed E-state index contributed by atoms with van der Waals surface area (Å²) >= 11 is 8.24. The predicted octanol–water partition coefficient (Wildman–Crippen LogP) is 5.44. The molecule has 9 heteroatoms. The van der Waals surface area contributed by atoms with E-state index < -0.39 is 0 Å². The number of hydrogen-bond acceptors (Lipinski definition) is 8. The molecule has 0 unspecified atom stereocenters. The Bertz CT molecular complexity index is 926. The lowest BCUT2D eigenvalue weighted by atomic mass is 10.2. The summed E-state index contributed by atoms with van der Waals surface area (Å²) in [7, 11) is 1.66. The van der Waals surface area contributed by atoms with E-state index >= 15 is 0 Å². The van der Waals surface area contributed by atoms with Gasteiger partial charge in [-0.25, -0.2) is 9.97 Å². The highest BCUT2D eigenvalue weighted by molar-refractivity contribution is 9.10. The molecule has 0 aliphatic carbocycles. The van der Waals surface area contributed by atoms with E-state index in [1.165, 1.54) is 11.3 Å². The predicted molar refractivity (Wildman–Crippen MR) is 114 cm³/mol. The second-order valence-corrected chi connectivity index (χ2v) is 9.22. The van der Waals surface area contributed by atoms with Gasteiger partial charge in [0.1, 0.15) is 10.8 Å². The molecule has 0 N–H and O–H groups in total. The minimum Gasteiger partial charge on any atom is -0.496 e. The molecule has 0 amide bonds. The number of halogens is 1. The average Bonchev–Trinajstić information content (AvgIpc) is 3.29. The van der Waals surface area contributed by atoms with Gasteiger partial charge in [-0.05, 0) is 25.1 Å². The summed E-state index contributed by atoms with van der Waals surface area (Å²) < 4.78 is 12.3. The topological polar surface area (TPSA) is 61.3 Å². The van der Waals surface area contributed by atoms with Crippen LogP contribution in [0.25, 0.3) is 10.6 Å². The van der Waals surface area contributed by atoms with Gasteiger partial charge in [0, 0.05) is 21.0 Å². The molecule has 5 nitrogen and oxygen atoms in total. The SMILES string of the molecule is CCOC(=O)Cc1csc(SCc2csc(-c3cc(Br)ccc3OC)n2)n1. The van der Waals surface area contributed by atoms with Crippen molar-refractivity contribution >= 4 is 56.3 Å². The zero-order chi connectivity index (χ0) is 19.2. The first-order valence-electron chi connectivity index (χ1n) is 8.10. The number of rotatable bonds is 8. The van der Waals surface area contributed by atoms with E-state index in [1.807, 2.05) is 23.6 Å². The Kier molecular flexibility index (Phi) is 7.28. The summed E-state index contributed by atoms with van der Waals surface area (Å²) in [6.07, 6.45) is 0.217. The summed E-state index contributed by atoms with van der Waals surface area (Å²) in [5, 5.41) is 4.87. The van der Waals surface area contributed by atoms with Crippen LogP contribution in [0.1, 0.15) is 18.3 Å². The number of hydrogen-bond donors (Lipinski definition) is 0. The molecule has 0 radical (unpaired) electrons. The number of thioether (sulfide) groups is 1. The largest absolute Gasteiger partial charge is 0.496 e. The van der Waals surface area contributed by atoms with E-state index in [9.17, 15) is 4.79 Å². The number of thiazole rings is 2. The molecular weight excluding hydrogens is 468 g/mol. The normalized spacial score (nSPS) is 10.8. The molecule has 27 heavy (non-hydrogen) atoms. The summed E-state index contributed by atoms with van der Waals surface area (Å²) in [6, 6.07) is 5.88. The van der Waals surface area contributed by atoms with E-state index in [4.69, 9.17) is 14.5 Å². The Morgan fingerprint density at radius 3 is 2.81 bits per heavy atom. The van der Waals surface area contributed by atoms with Crippen LogP contribution in [0.2, 0.25) is 0 Å². The molecule has 3 rings (SSSR count). The first-order valence-corrected chi connectivity index (χ1v) is 11.6. The first kappa shape index (κ1) is 20.3. The summed E-state index contributed by atoms with van der Waals surface area (Å²) in [6.45, 7) is 2.19. The quantitative estimate of drug-likeness (QED) is 0.313. The first-order chi connectivity index (χ1) is 13.1. The van der Waals surface area contributed by atoms with Gasteiger partial charge in [0.2, 0.25) is 0 Å². The third kappa shape index (κ3) is 5.54. The zero-order valence-electron chi connectivity index (χ0n) is 14.7. The highest BCUT2D eigenvalue weighted by Crippen LogP contribution is 2.35. The number of carbonyl (C=O) groups excluding carboxylic acids is 1. The molecule has 0 saturated carbocycles. The highest BCUT2D eigenvalue weighted by Gasteiger charge is 2.13. The van der Waals surface area contributed by atoms with Crippen molar-refractivity contribution in [3.05, 3.63) is 44.8 Å². The van der Waals surface area contributed by atoms with Gasteiger partial charge < -0.3 is 9.47 Å². The number of aromatic nitrogens is 2. The zero-order valence-corrected chi connectivity index (χ0v) is 18.8. The number of ether oxygens (including phenoxy) is 2. The Labute approximate surface area is 178 Å². The molecule has 1 aromatic carbocycles. The van der Waals surface area contributed by atoms with Gasteiger partial charge >= 0.3 is 5.97 Å². The van der Waals surface area contributed by atoms with Gasteiger partial charge in [0.05, 0.1) is 37.1 Å². The van der Waals surface area contributed by atoms with Crippen molar-refractivity contribution in [2.75, 3.05) is 13.7 Å². The minimum absolute atomic E-state index is 0.217. The fraction of sp³-hybridized carbons (Fsp3) is 0.278. The van der Waals surface area contributed by atoms with Crippen LogP contribution in [0, 0.1) is 0 Å². The lowest BCUT2D eigenvalue weighted by Gasteiger charge is -2.06. The van der Waals surface area contributed by atoms with Crippen molar-refractivity contribution in [2.24, 2.45) is 0 Å². The molecule has 2 aromatic heterocycles. The highest BCUT2D eigenvalue weighted by atomic mass is 79.9. The fourth-order valence-electron chi connectivity index (χ4n) is 2.28. The molecule has 0 saturated heterocycles. The second-order valence-electron chi connectivity index (χ2n) is 5.36. The van der Waals surface area contributed by atoms with Gasteiger partial charge in [-0.1, -0.05) is 27.7 Å². The van der Waals surface area contributed by atoms with Crippen molar-refractivity contribution in [3.63, 3.8) is 0 Å². The Hall–Kier alpha value is -1.42. The number of benzene rings is 1. The van der Waals surface area contributed by atoms with Crippen molar-refractivity contribution < 1.29 is 14.3 Å². The molecule has 2 heterocycles. The third-order valence-corrected chi connectivity index (χ3v) is 6.97. The van der Waals surface area contributed by atoms with Crippen LogP contribution in [0.4, 0.5) is 0 Å². The Morgan fingerprint density at radius 2 is 2.04 bits per heavy atom. The number of nitrogens with zero attached hydrogens (tertiary/aromatic N) is 2. The lowest BCUT2D eigenvalue weighted by molar-refractivity contribution is -0.142. The van der Waals surface area contributed by atoms with E-state index in [2.05, 4.69) is 26.3 Å². The molecule has 0 aliphatic heterocycles. The molecular formula is C18H17BrN2O3S3. The minimum atomic E-state index is -0.244. The van der Waals surface area contributed by atoms with Crippen molar-refractivity contribution in [1.82, 2.24) is 9.97 Å². The van der Waals surface area contributed by atoms with E-state index in [-0.39, 0.29) is 12.4 Å². The maximum atomic E-state index is 11.5. The average molecular weight is 485 g/mol. The van der Waals surface area contributed by atoms with Crippen LogP contribution in [0.5, 0.6) is 5.75 Å². The number of methoxy groups -OCH3 is 1. The summed E-state index contributed by atoms with van der Waals surface area (Å²) in [5.41, 5.74) is 2.71. The van der Waals surface area contributed by atoms with Crippen molar-refractivity contribution in [3.8, 4) is 16.3 Å². The van der Waals surface area contributed by atoms with Gasteiger partial charge in [-0.3, -0.25) is 4.79 Å². The van der Waals surface area contributed by atoms with E-state index in [0.717, 1.165) is 42.3 Å². The fourth-order valence-corrected chi connectivity index (χ4v) is 5.32. The lowest BCUT2D eigenvalue weighted by Crippen LogP contribution is -2.07. The van der Waals surface area contributed by atoms with Crippen LogP contribution < -0.4 is 4.74 Å². The molecule has 142 valence electrons. The standard InChI is InChI=1S/C18H17BrN2O3S3/c1-3-24-16(22)7-12-8-26-18(21-12)27-10-13-9-25-17(20-13)14-6-11(19)4-5-15(14)23-2/h4-6,8-9H,3,7,10H2,1-2H3. The summed E-state index contributed by atoms with van der Waals surface area (Å²) in [5.74, 6) is 1.28. The molecule has 0 bridgehead atoms. The van der Waals surface area contributed by atoms with Crippen LogP contribution in [-0.2, 0) is 21.7 Å². The molecule has 0 aliphatic rings. The number of esters is 1. The van der Waals surface area contributed by atoms with Gasteiger partial charge in [0.25, 0.3) is 0 Å². The summed E-state index contributed by atoms with van der Waals surface area (Å²) in [4.78, 5) is 20.7. The smallest absolute Gasteiger partial charge is 0.311 e. The van der Waals surface area contributed by atoms with Gasteiger partial charge in [-0.15, -0.1) is 22.7 Å². The van der Waals surface area contributed by atoms with Crippen LogP contribution >= 0.6 is 50.4 Å². The second kappa shape index (κ2) is 9.68. The van der Waals surface area contributed by atoms with Crippen LogP contribution in [-0.4, -0.2) is 29.7 Å². The van der Waals surface area contributed by atoms with E-state index in [0.29, 0.717) is 6.61 Å². The van der Waals surface area contributed by atoms with Gasteiger partial charge in [0.15, 0.2) is 4.34 Å². The number of carbonyl (C=O) groups is 1. The van der Waals surface area contributed by atoms with Gasteiger partial charge in [-0.2, -0.15) is 0 Å². The van der Waals surface area contributed by atoms with Crippen molar-refractivity contribution in [2.45, 2.75) is 23.4 Å². The Morgan fingerprint density at radius 1 is 1.22 bits per heavy atom. The monoisotopic (exact) mass is 484 g/mol. The van der Waals surface area contributed by atoms with Crippen LogP contribution in [0.3, 0.4) is 0 Å². The Balaban J connectivity index is 1.63. The molecule has 0 atom stereocenters.